The van der Waals surface area contributed by atoms with Crippen molar-refractivity contribution in [2.75, 3.05) is 0 Å². The molecular weight excluding hydrogens is 701 g/mol. The van der Waals surface area contributed by atoms with Crippen LogP contribution in [0.5, 0.6) is 5.75 Å². The molecule has 0 amide bonds. The molecule has 1 heteroatoms. The van der Waals surface area contributed by atoms with E-state index in [-0.39, 0.29) is 0 Å². The number of fused-ring (bicyclic) bond motifs is 1. The molecule has 0 atom stereocenters. The van der Waals surface area contributed by atoms with Gasteiger partial charge in [-0.1, -0.05) is 210 Å². The van der Waals surface area contributed by atoms with Crippen LogP contribution in [0.15, 0.2) is 194 Å². The number of allylic oxidation sites excluding steroid dienone is 4. The molecular formula is C57H58O. The molecule has 0 saturated heterocycles. The fraction of sp³-hybridized carbons (Fsp3) is 0.158. The number of benzene rings is 7. The van der Waals surface area contributed by atoms with Gasteiger partial charge in [0.15, 0.2) is 0 Å². The van der Waals surface area contributed by atoms with E-state index in [1.165, 1.54) is 72.3 Å². The van der Waals surface area contributed by atoms with E-state index in [0.717, 1.165) is 23.3 Å². The van der Waals surface area contributed by atoms with E-state index in [1.54, 1.807) is 0 Å². The van der Waals surface area contributed by atoms with Gasteiger partial charge in [0.1, 0.15) is 11.5 Å². The highest BCUT2D eigenvalue weighted by Gasteiger charge is 2.12. The molecule has 0 aromatic heterocycles. The summed E-state index contributed by atoms with van der Waals surface area (Å²) in [4.78, 5) is 0. The van der Waals surface area contributed by atoms with Crippen molar-refractivity contribution in [3.05, 3.63) is 250 Å². The molecule has 7 aromatic rings. The van der Waals surface area contributed by atoms with Crippen molar-refractivity contribution in [3.8, 4) is 28.0 Å². The average Bonchev–Trinajstić information content (AvgIpc) is 3.28. The molecule has 292 valence electrons. The lowest BCUT2D eigenvalue weighted by Gasteiger charge is -2.14. The average molecular weight is 759 g/mol. The van der Waals surface area contributed by atoms with Crippen LogP contribution < -0.4 is 4.74 Å². The van der Waals surface area contributed by atoms with Crippen LogP contribution in [0.4, 0.5) is 0 Å². The molecule has 1 heterocycles. The molecule has 0 spiro atoms. The number of hydrogen-bond acceptors (Lipinski definition) is 1. The monoisotopic (exact) mass is 758 g/mol. The van der Waals surface area contributed by atoms with Crippen LogP contribution in [0, 0.1) is 55.4 Å². The van der Waals surface area contributed by atoms with Gasteiger partial charge in [-0.2, -0.15) is 0 Å². The largest absolute Gasteiger partial charge is 0.457 e. The summed E-state index contributed by atoms with van der Waals surface area (Å²) in [5.41, 5.74) is 19.0. The number of para-hydroxylation sites is 1. The summed E-state index contributed by atoms with van der Waals surface area (Å²) in [5.74, 6) is 1.56. The maximum absolute atomic E-state index is 6.01. The van der Waals surface area contributed by atoms with Gasteiger partial charge in [0.05, 0.1) is 0 Å². The van der Waals surface area contributed by atoms with Crippen LogP contribution in [0.2, 0.25) is 0 Å². The number of aryl methyl sites for hydroxylation is 8. The lowest BCUT2D eigenvalue weighted by Crippen LogP contribution is -1.99. The van der Waals surface area contributed by atoms with Gasteiger partial charge in [-0.05, 0) is 118 Å². The standard InChI is InChI=1S/C21H20.C20H18O.2C8H10/c1-15-8-11-18(12-9-15)19-13-10-17(3)21(14-19)20-7-5-4-6-16(20)2;1-15-11-13-17(14-12-15)19-9-5-3-7-18-8-4-6-10-20(18)21-16(19)2;2*1-7-4-3-5-8(2)6-7/h4-14H,1-3H3;3-6,8-14H,2,7H2,1H3;2*3-6H,1-2H3/b;5-3-,19-9+;;. The minimum absolute atomic E-state index is 0.679. The number of hydrogen-bond donors (Lipinski definition) is 0. The van der Waals surface area contributed by atoms with Crippen LogP contribution in [0.25, 0.3) is 27.8 Å². The van der Waals surface area contributed by atoms with Crippen molar-refractivity contribution in [1.29, 1.82) is 0 Å². The first-order chi connectivity index (χ1) is 28.0. The molecule has 0 saturated carbocycles. The fourth-order valence-electron chi connectivity index (χ4n) is 6.73. The second kappa shape index (κ2) is 21.2. The van der Waals surface area contributed by atoms with Gasteiger partial charge in [0, 0.05) is 5.57 Å². The summed E-state index contributed by atoms with van der Waals surface area (Å²) in [6.45, 7) is 21.1. The zero-order valence-electron chi connectivity index (χ0n) is 35.6. The maximum Gasteiger partial charge on any atom is 0.130 e. The smallest absolute Gasteiger partial charge is 0.130 e. The quantitative estimate of drug-likeness (QED) is 0.174. The third kappa shape index (κ3) is 12.8. The third-order valence-electron chi connectivity index (χ3n) is 10.0. The summed E-state index contributed by atoms with van der Waals surface area (Å²) in [6, 6.07) is 57.5. The molecule has 7 aromatic carbocycles. The van der Waals surface area contributed by atoms with Gasteiger partial charge in [0.2, 0.25) is 0 Å². The van der Waals surface area contributed by atoms with Crippen molar-refractivity contribution in [2.24, 2.45) is 0 Å². The molecule has 1 aliphatic heterocycles. The summed E-state index contributed by atoms with van der Waals surface area (Å²) in [5, 5.41) is 0. The molecule has 8 rings (SSSR count). The molecule has 0 unspecified atom stereocenters. The molecule has 0 radical (unpaired) electrons. The van der Waals surface area contributed by atoms with E-state index < -0.39 is 0 Å². The van der Waals surface area contributed by atoms with Gasteiger partial charge < -0.3 is 4.74 Å². The highest BCUT2D eigenvalue weighted by Crippen LogP contribution is 2.32. The highest BCUT2D eigenvalue weighted by atomic mass is 16.5. The van der Waals surface area contributed by atoms with Gasteiger partial charge in [-0.3, -0.25) is 0 Å². The predicted octanol–water partition coefficient (Wildman–Crippen LogP) is 15.6. The normalized spacial score (nSPS) is 13.0. The van der Waals surface area contributed by atoms with Crippen molar-refractivity contribution in [3.63, 3.8) is 0 Å². The Morgan fingerprint density at radius 1 is 0.414 bits per heavy atom. The fourth-order valence-corrected chi connectivity index (χ4v) is 6.73. The second-order valence-corrected chi connectivity index (χ2v) is 15.2. The Bertz CT molecular complexity index is 2400. The predicted molar refractivity (Wildman–Crippen MR) is 252 cm³/mol. The van der Waals surface area contributed by atoms with E-state index in [1.807, 2.05) is 18.2 Å². The third-order valence-corrected chi connectivity index (χ3v) is 10.0. The Morgan fingerprint density at radius 2 is 0.914 bits per heavy atom. The van der Waals surface area contributed by atoms with Crippen molar-refractivity contribution in [2.45, 2.75) is 61.8 Å². The summed E-state index contributed by atoms with van der Waals surface area (Å²) in [7, 11) is 0. The summed E-state index contributed by atoms with van der Waals surface area (Å²) < 4.78 is 6.01. The first-order valence-corrected chi connectivity index (χ1v) is 20.2. The lowest BCUT2D eigenvalue weighted by molar-refractivity contribution is 0.447. The van der Waals surface area contributed by atoms with Crippen LogP contribution in [0.3, 0.4) is 0 Å². The zero-order chi connectivity index (χ0) is 41.4. The van der Waals surface area contributed by atoms with Crippen LogP contribution in [-0.4, -0.2) is 0 Å². The van der Waals surface area contributed by atoms with Gasteiger partial charge in [-0.15, -0.1) is 0 Å². The topological polar surface area (TPSA) is 9.23 Å². The Morgan fingerprint density at radius 3 is 1.47 bits per heavy atom. The Balaban J connectivity index is 0.000000162. The number of rotatable bonds is 3. The molecule has 58 heavy (non-hydrogen) atoms. The van der Waals surface area contributed by atoms with E-state index in [0.29, 0.717) is 5.76 Å². The number of ether oxygens (including phenoxy) is 1. The first-order valence-electron chi connectivity index (χ1n) is 20.2. The Hall–Kier alpha value is -6.44. The SMILES string of the molecule is C=C1Oc2ccccc2C/C=C\C=C/1c1ccc(C)cc1.Cc1ccc(-c2ccc(C)c(-c3ccccc3C)c2)cc1.Cc1cccc(C)c1.Cc1cccc(C)c1. The molecule has 0 bridgehead atoms. The minimum Gasteiger partial charge on any atom is -0.457 e. The minimum atomic E-state index is 0.679. The Labute approximate surface area is 348 Å². The molecule has 0 fully saturated rings. The molecule has 0 aliphatic carbocycles. The van der Waals surface area contributed by atoms with Gasteiger partial charge >= 0.3 is 0 Å². The lowest BCUT2D eigenvalue weighted by atomic mass is 9.93. The first kappa shape index (κ1) is 42.7. The van der Waals surface area contributed by atoms with Crippen molar-refractivity contribution < 1.29 is 4.74 Å². The van der Waals surface area contributed by atoms with Crippen LogP contribution >= 0.6 is 0 Å². The maximum atomic E-state index is 6.01. The Kier molecular flexibility index (Phi) is 15.6. The molecule has 0 N–H and O–H groups in total. The van der Waals surface area contributed by atoms with E-state index >= 15 is 0 Å². The van der Waals surface area contributed by atoms with Crippen LogP contribution in [-0.2, 0) is 6.42 Å². The van der Waals surface area contributed by atoms with Crippen molar-refractivity contribution in [1.82, 2.24) is 0 Å². The van der Waals surface area contributed by atoms with E-state index in [9.17, 15) is 0 Å². The van der Waals surface area contributed by atoms with E-state index in [2.05, 4.69) is 226 Å². The van der Waals surface area contributed by atoms with Crippen LogP contribution in [0.1, 0.15) is 55.6 Å². The summed E-state index contributed by atoms with van der Waals surface area (Å²) in [6.07, 6.45) is 7.15. The van der Waals surface area contributed by atoms with Crippen molar-refractivity contribution >= 4 is 5.57 Å². The highest BCUT2D eigenvalue weighted by molar-refractivity contribution is 5.79. The second-order valence-electron chi connectivity index (χ2n) is 15.2. The summed E-state index contributed by atoms with van der Waals surface area (Å²) >= 11 is 0. The molecule has 1 aliphatic rings. The van der Waals surface area contributed by atoms with E-state index in [4.69, 9.17) is 4.74 Å². The van der Waals surface area contributed by atoms with Gasteiger partial charge in [-0.25, -0.2) is 0 Å². The van der Waals surface area contributed by atoms with Gasteiger partial charge in [0.25, 0.3) is 0 Å². The zero-order valence-corrected chi connectivity index (χ0v) is 35.6. The molecule has 1 nitrogen and oxygen atoms in total.